The van der Waals surface area contributed by atoms with Gasteiger partial charge in [-0.3, -0.25) is 4.90 Å². The van der Waals surface area contributed by atoms with E-state index in [-0.39, 0.29) is 24.8 Å². The predicted molar refractivity (Wildman–Crippen MR) is 145 cm³/mol. The van der Waals surface area contributed by atoms with Crippen molar-refractivity contribution < 1.29 is 9.47 Å². The van der Waals surface area contributed by atoms with E-state index in [1.165, 1.54) is 24.8 Å². The summed E-state index contributed by atoms with van der Waals surface area (Å²) < 4.78 is 12.5. The maximum atomic E-state index is 6.33. The number of ether oxygens (including phenoxy) is 2. The summed E-state index contributed by atoms with van der Waals surface area (Å²) in [5.74, 6) is 3.11. The molecular weight excluding hydrogens is 467 g/mol. The molecule has 1 saturated heterocycles. The van der Waals surface area contributed by atoms with Crippen LogP contribution < -0.4 is 14.8 Å². The Morgan fingerprint density at radius 1 is 0.765 bits per heavy atom. The first kappa shape index (κ1) is 28.0. The number of para-hydroxylation sites is 2. The molecule has 0 aromatic heterocycles. The van der Waals surface area contributed by atoms with Gasteiger partial charge in [0.15, 0.2) is 11.5 Å². The van der Waals surface area contributed by atoms with E-state index in [1.54, 1.807) is 0 Å². The van der Waals surface area contributed by atoms with Crippen LogP contribution in [0.1, 0.15) is 44.2 Å². The van der Waals surface area contributed by atoms with Crippen LogP contribution in [0, 0.1) is 0 Å². The lowest BCUT2D eigenvalue weighted by molar-refractivity contribution is 0.162. The number of halogens is 2. The van der Waals surface area contributed by atoms with E-state index in [1.807, 2.05) is 60.7 Å². The Kier molecular flexibility index (Phi) is 12.3. The monoisotopic (exact) mass is 502 g/mol. The summed E-state index contributed by atoms with van der Waals surface area (Å²) in [5.41, 5.74) is 1.30. The number of rotatable bonds is 10. The smallest absolute Gasteiger partial charge is 0.170 e. The molecule has 1 N–H and O–H groups in total. The van der Waals surface area contributed by atoms with Crippen molar-refractivity contribution in [3.8, 4) is 23.0 Å². The van der Waals surface area contributed by atoms with Crippen LogP contribution >= 0.6 is 24.8 Å². The minimum Gasteiger partial charge on any atom is -0.453 e. The van der Waals surface area contributed by atoms with Crippen molar-refractivity contribution in [3.05, 3.63) is 84.4 Å². The maximum absolute atomic E-state index is 6.33. The predicted octanol–water partition coefficient (Wildman–Crippen LogP) is 7.64. The molecule has 0 amide bonds. The molecule has 0 bridgehead atoms. The molecule has 4 rings (SSSR count). The number of nitrogens with one attached hydrogen (secondary N) is 1. The van der Waals surface area contributed by atoms with Gasteiger partial charge in [0.25, 0.3) is 0 Å². The molecule has 0 saturated carbocycles. The van der Waals surface area contributed by atoms with E-state index >= 15 is 0 Å². The Morgan fingerprint density at radius 3 is 1.94 bits per heavy atom. The van der Waals surface area contributed by atoms with E-state index in [9.17, 15) is 0 Å². The van der Waals surface area contributed by atoms with Crippen molar-refractivity contribution in [3.63, 3.8) is 0 Å². The first-order chi connectivity index (χ1) is 15.8. The SMILES string of the molecule is CCCCC[C@@H](c1ccc(Oc2ccccc2)c(Oc2ccccc2)c1)N1CCNCC1.Cl.Cl. The van der Waals surface area contributed by atoms with Crippen molar-refractivity contribution in [2.75, 3.05) is 26.2 Å². The van der Waals surface area contributed by atoms with E-state index in [4.69, 9.17) is 9.47 Å². The second kappa shape index (κ2) is 14.9. The minimum atomic E-state index is 0. The highest BCUT2D eigenvalue weighted by Gasteiger charge is 2.23. The third-order valence-electron chi connectivity index (χ3n) is 5.97. The van der Waals surface area contributed by atoms with Gasteiger partial charge in [-0.1, -0.05) is 68.7 Å². The normalized spacial score (nSPS) is 14.4. The fourth-order valence-corrected chi connectivity index (χ4v) is 4.27. The molecule has 1 aliphatic rings. The molecule has 1 heterocycles. The number of hydrogen-bond acceptors (Lipinski definition) is 4. The van der Waals surface area contributed by atoms with Crippen molar-refractivity contribution in [1.29, 1.82) is 0 Å². The zero-order valence-corrected chi connectivity index (χ0v) is 21.5. The van der Waals surface area contributed by atoms with Crippen LogP contribution in [0.5, 0.6) is 23.0 Å². The average molecular weight is 504 g/mol. The largest absolute Gasteiger partial charge is 0.453 e. The highest BCUT2D eigenvalue weighted by atomic mass is 35.5. The summed E-state index contributed by atoms with van der Waals surface area (Å²) in [7, 11) is 0. The topological polar surface area (TPSA) is 33.7 Å². The Morgan fingerprint density at radius 2 is 1.35 bits per heavy atom. The molecule has 3 aromatic carbocycles. The summed E-state index contributed by atoms with van der Waals surface area (Å²) in [4.78, 5) is 2.62. The van der Waals surface area contributed by atoms with Crippen molar-refractivity contribution in [2.24, 2.45) is 0 Å². The van der Waals surface area contributed by atoms with Gasteiger partial charge in [-0.15, -0.1) is 24.8 Å². The zero-order valence-electron chi connectivity index (χ0n) is 19.8. The number of hydrogen-bond donors (Lipinski definition) is 1. The van der Waals surface area contributed by atoms with Gasteiger partial charge in [0.1, 0.15) is 11.5 Å². The molecular formula is C28H36Cl2N2O2. The van der Waals surface area contributed by atoms with Gasteiger partial charge in [0, 0.05) is 32.2 Å². The molecule has 4 nitrogen and oxygen atoms in total. The molecule has 0 radical (unpaired) electrons. The highest BCUT2D eigenvalue weighted by Crippen LogP contribution is 2.39. The fraction of sp³-hybridized carbons (Fsp3) is 0.357. The molecule has 184 valence electrons. The molecule has 0 aliphatic carbocycles. The van der Waals surface area contributed by atoms with Gasteiger partial charge >= 0.3 is 0 Å². The van der Waals surface area contributed by atoms with Gasteiger partial charge in [-0.25, -0.2) is 0 Å². The molecule has 1 aliphatic heterocycles. The molecule has 3 aromatic rings. The second-order valence-corrected chi connectivity index (χ2v) is 8.33. The van der Waals surface area contributed by atoms with E-state index in [0.29, 0.717) is 6.04 Å². The molecule has 0 spiro atoms. The van der Waals surface area contributed by atoms with Gasteiger partial charge in [-0.2, -0.15) is 0 Å². The molecule has 1 fully saturated rings. The van der Waals surface area contributed by atoms with Crippen LogP contribution in [0.4, 0.5) is 0 Å². The van der Waals surface area contributed by atoms with Crippen LogP contribution in [-0.4, -0.2) is 31.1 Å². The number of unbranched alkanes of at least 4 members (excludes halogenated alkanes) is 2. The first-order valence-corrected chi connectivity index (χ1v) is 11.9. The summed E-state index contributed by atoms with van der Waals surface area (Å²) in [6, 6.07) is 26.7. The maximum Gasteiger partial charge on any atom is 0.170 e. The minimum absolute atomic E-state index is 0. The second-order valence-electron chi connectivity index (χ2n) is 8.33. The van der Waals surface area contributed by atoms with E-state index in [0.717, 1.165) is 55.6 Å². The number of nitrogens with zero attached hydrogens (tertiary/aromatic N) is 1. The standard InChI is InChI=1S/C28H34N2O2.2ClH/c1-2-3-6-15-26(30-20-18-29-19-21-30)23-16-17-27(31-24-11-7-4-8-12-24)28(22-23)32-25-13-9-5-10-14-25;;/h4-5,7-14,16-17,22,26,29H,2-3,6,15,18-21H2,1H3;2*1H/t26-;;/m0../s1. The highest BCUT2D eigenvalue weighted by molar-refractivity contribution is 5.85. The summed E-state index contributed by atoms with van der Waals surface area (Å²) >= 11 is 0. The molecule has 1 atom stereocenters. The molecule has 6 heteroatoms. The van der Waals surface area contributed by atoms with Crippen LogP contribution in [-0.2, 0) is 0 Å². The Balaban J connectivity index is 0.00000204. The van der Waals surface area contributed by atoms with Crippen molar-refractivity contribution >= 4 is 24.8 Å². The Bertz CT molecular complexity index is 951. The first-order valence-electron chi connectivity index (χ1n) is 11.9. The van der Waals surface area contributed by atoms with Crippen LogP contribution in [0.25, 0.3) is 0 Å². The van der Waals surface area contributed by atoms with Gasteiger partial charge in [0.2, 0.25) is 0 Å². The quantitative estimate of drug-likeness (QED) is 0.288. The van der Waals surface area contributed by atoms with Gasteiger partial charge < -0.3 is 14.8 Å². The molecule has 0 unspecified atom stereocenters. The molecule has 34 heavy (non-hydrogen) atoms. The van der Waals surface area contributed by atoms with Crippen molar-refractivity contribution in [2.45, 2.75) is 38.6 Å². The number of benzene rings is 3. The fourth-order valence-electron chi connectivity index (χ4n) is 4.27. The van der Waals surface area contributed by atoms with Crippen molar-refractivity contribution in [1.82, 2.24) is 10.2 Å². The zero-order chi connectivity index (χ0) is 22.0. The van der Waals surface area contributed by atoms with Gasteiger partial charge in [-0.05, 0) is 48.4 Å². The summed E-state index contributed by atoms with van der Waals surface area (Å²) in [6.07, 6.45) is 4.91. The van der Waals surface area contributed by atoms with Gasteiger partial charge in [0.05, 0.1) is 0 Å². The van der Waals surface area contributed by atoms with E-state index in [2.05, 4.69) is 35.3 Å². The Hall–Kier alpha value is -2.24. The van der Waals surface area contributed by atoms with Crippen LogP contribution in [0.2, 0.25) is 0 Å². The lowest BCUT2D eigenvalue weighted by Gasteiger charge is -2.35. The summed E-state index contributed by atoms with van der Waals surface area (Å²) in [6.45, 7) is 6.52. The lowest BCUT2D eigenvalue weighted by Crippen LogP contribution is -2.45. The lowest BCUT2D eigenvalue weighted by atomic mass is 9.97. The average Bonchev–Trinajstić information content (AvgIpc) is 2.85. The third-order valence-corrected chi connectivity index (χ3v) is 5.97. The van der Waals surface area contributed by atoms with Crippen LogP contribution in [0.3, 0.4) is 0 Å². The third kappa shape index (κ3) is 7.92. The van der Waals surface area contributed by atoms with Crippen LogP contribution in [0.15, 0.2) is 78.9 Å². The summed E-state index contributed by atoms with van der Waals surface area (Å²) in [5, 5.41) is 3.48. The Labute approximate surface area is 216 Å². The van der Waals surface area contributed by atoms with E-state index < -0.39 is 0 Å². The number of piperazine rings is 1.